The molecule has 1 aromatic carbocycles. The van der Waals surface area contributed by atoms with Crippen molar-refractivity contribution in [3.8, 4) is 0 Å². The van der Waals surface area contributed by atoms with Gasteiger partial charge in [0.15, 0.2) is 0 Å². The largest absolute Gasteiger partial charge is 0.296 e. The van der Waals surface area contributed by atoms with Crippen molar-refractivity contribution in [1.29, 1.82) is 0 Å². The van der Waals surface area contributed by atoms with E-state index in [-0.39, 0.29) is 11.8 Å². The standard InChI is InChI=1S/C13H15NO2/c1-13(9-11(15)14-12(13)16)8-7-10-5-3-2-4-6-10/h2-6H,7-9H2,1H3,(H,14,15,16). The van der Waals surface area contributed by atoms with Gasteiger partial charge in [-0.05, 0) is 18.4 Å². The molecule has 0 saturated carbocycles. The summed E-state index contributed by atoms with van der Waals surface area (Å²) < 4.78 is 0. The molecule has 1 unspecified atom stereocenters. The number of amides is 2. The van der Waals surface area contributed by atoms with E-state index in [2.05, 4.69) is 5.32 Å². The summed E-state index contributed by atoms with van der Waals surface area (Å²) in [5.74, 6) is -0.283. The third kappa shape index (κ3) is 2.13. The second-order valence-corrected chi connectivity index (χ2v) is 4.60. The Labute approximate surface area is 94.9 Å². The Hall–Kier alpha value is -1.64. The van der Waals surface area contributed by atoms with Crippen LogP contribution in [0.25, 0.3) is 0 Å². The normalized spacial score (nSPS) is 24.6. The number of aryl methyl sites for hydroxylation is 1. The topological polar surface area (TPSA) is 46.2 Å². The quantitative estimate of drug-likeness (QED) is 0.783. The molecule has 0 spiro atoms. The van der Waals surface area contributed by atoms with E-state index in [0.717, 1.165) is 6.42 Å². The molecule has 1 N–H and O–H groups in total. The van der Waals surface area contributed by atoms with Crippen LogP contribution in [0.15, 0.2) is 30.3 Å². The summed E-state index contributed by atoms with van der Waals surface area (Å²) in [6, 6.07) is 10.0. The van der Waals surface area contributed by atoms with Gasteiger partial charge in [-0.15, -0.1) is 0 Å². The Bertz CT molecular complexity index is 413. The first-order valence-electron chi connectivity index (χ1n) is 5.48. The van der Waals surface area contributed by atoms with Crippen LogP contribution in [-0.4, -0.2) is 11.8 Å². The number of hydrogen-bond donors (Lipinski definition) is 1. The predicted molar refractivity (Wildman–Crippen MR) is 60.6 cm³/mol. The highest BCUT2D eigenvalue weighted by atomic mass is 16.2. The molecular formula is C13H15NO2. The monoisotopic (exact) mass is 217 g/mol. The Morgan fingerprint density at radius 3 is 2.50 bits per heavy atom. The molecule has 1 atom stereocenters. The maximum Gasteiger partial charge on any atom is 0.233 e. The summed E-state index contributed by atoms with van der Waals surface area (Å²) in [7, 11) is 0. The minimum atomic E-state index is -0.521. The minimum Gasteiger partial charge on any atom is -0.296 e. The first-order valence-corrected chi connectivity index (χ1v) is 5.48. The van der Waals surface area contributed by atoms with E-state index >= 15 is 0 Å². The van der Waals surface area contributed by atoms with Crippen molar-refractivity contribution in [3.05, 3.63) is 35.9 Å². The summed E-state index contributed by atoms with van der Waals surface area (Å²) in [5, 5.41) is 2.37. The van der Waals surface area contributed by atoms with Gasteiger partial charge in [0.2, 0.25) is 11.8 Å². The second-order valence-electron chi connectivity index (χ2n) is 4.60. The molecule has 1 saturated heterocycles. The summed E-state index contributed by atoms with van der Waals surface area (Å²) in [4.78, 5) is 22.7. The molecule has 3 nitrogen and oxygen atoms in total. The van der Waals surface area contributed by atoms with Gasteiger partial charge in [0.05, 0.1) is 5.41 Å². The number of imide groups is 1. The Morgan fingerprint density at radius 1 is 1.25 bits per heavy atom. The van der Waals surface area contributed by atoms with E-state index in [0.29, 0.717) is 12.8 Å². The summed E-state index contributed by atoms with van der Waals surface area (Å²) in [5.41, 5.74) is 0.684. The van der Waals surface area contributed by atoms with E-state index in [1.54, 1.807) is 0 Å². The molecule has 16 heavy (non-hydrogen) atoms. The number of carbonyl (C=O) groups excluding carboxylic acids is 2. The highest BCUT2D eigenvalue weighted by Crippen LogP contribution is 2.31. The average molecular weight is 217 g/mol. The molecule has 0 aromatic heterocycles. The molecule has 1 aliphatic heterocycles. The fourth-order valence-electron chi connectivity index (χ4n) is 2.02. The molecule has 1 heterocycles. The molecular weight excluding hydrogens is 202 g/mol. The molecule has 3 heteroatoms. The Kier molecular flexibility index (Phi) is 2.77. The van der Waals surface area contributed by atoms with Crippen molar-refractivity contribution in [3.63, 3.8) is 0 Å². The lowest BCUT2D eigenvalue weighted by molar-refractivity contribution is -0.128. The fraction of sp³-hybridized carbons (Fsp3) is 0.385. The van der Waals surface area contributed by atoms with Crippen molar-refractivity contribution < 1.29 is 9.59 Å². The lowest BCUT2D eigenvalue weighted by Crippen LogP contribution is -2.29. The molecule has 2 amide bonds. The van der Waals surface area contributed by atoms with Crippen LogP contribution in [0.2, 0.25) is 0 Å². The molecule has 1 aromatic rings. The second kappa shape index (κ2) is 4.08. The molecule has 0 radical (unpaired) electrons. The van der Waals surface area contributed by atoms with Crippen LogP contribution in [0.4, 0.5) is 0 Å². The number of hydrogen-bond acceptors (Lipinski definition) is 2. The van der Waals surface area contributed by atoms with Crippen LogP contribution in [-0.2, 0) is 16.0 Å². The number of rotatable bonds is 3. The van der Waals surface area contributed by atoms with E-state index in [1.807, 2.05) is 37.3 Å². The Morgan fingerprint density at radius 2 is 1.94 bits per heavy atom. The predicted octanol–water partition coefficient (Wildman–Crippen LogP) is 1.67. The van der Waals surface area contributed by atoms with Gasteiger partial charge in [-0.25, -0.2) is 0 Å². The van der Waals surface area contributed by atoms with Gasteiger partial charge in [-0.2, -0.15) is 0 Å². The number of benzene rings is 1. The van der Waals surface area contributed by atoms with E-state index in [1.165, 1.54) is 5.56 Å². The van der Waals surface area contributed by atoms with Crippen LogP contribution in [0.5, 0.6) is 0 Å². The van der Waals surface area contributed by atoms with E-state index < -0.39 is 5.41 Å². The molecule has 84 valence electrons. The van der Waals surface area contributed by atoms with E-state index in [4.69, 9.17) is 0 Å². The van der Waals surface area contributed by atoms with Crippen LogP contribution in [0, 0.1) is 5.41 Å². The summed E-state index contributed by atoms with van der Waals surface area (Å²) >= 11 is 0. The third-order valence-electron chi connectivity index (χ3n) is 3.16. The third-order valence-corrected chi connectivity index (χ3v) is 3.16. The number of carbonyl (C=O) groups is 2. The van der Waals surface area contributed by atoms with Crippen molar-refractivity contribution in [1.82, 2.24) is 5.32 Å². The molecule has 2 rings (SSSR count). The summed E-state index contributed by atoms with van der Waals surface area (Å²) in [6.07, 6.45) is 1.87. The smallest absolute Gasteiger partial charge is 0.233 e. The van der Waals surface area contributed by atoms with Gasteiger partial charge in [-0.3, -0.25) is 14.9 Å². The van der Waals surface area contributed by atoms with Gasteiger partial charge in [0.1, 0.15) is 0 Å². The SMILES string of the molecule is CC1(CCc2ccccc2)CC(=O)NC1=O. The average Bonchev–Trinajstić information content (AvgIpc) is 2.52. The van der Waals surface area contributed by atoms with Gasteiger partial charge >= 0.3 is 0 Å². The molecule has 0 bridgehead atoms. The molecule has 1 aliphatic rings. The zero-order valence-corrected chi connectivity index (χ0v) is 9.32. The lowest BCUT2D eigenvalue weighted by atomic mass is 9.82. The maximum absolute atomic E-state index is 11.6. The highest BCUT2D eigenvalue weighted by Gasteiger charge is 2.41. The minimum absolute atomic E-state index is 0.131. The van der Waals surface area contributed by atoms with E-state index in [9.17, 15) is 9.59 Å². The Balaban J connectivity index is 2.00. The van der Waals surface area contributed by atoms with Crippen LogP contribution in [0.1, 0.15) is 25.3 Å². The zero-order valence-electron chi connectivity index (χ0n) is 9.32. The fourth-order valence-corrected chi connectivity index (χ4v) is 2.02. The first-order chi connectivity index (χ1) is 7.60. The van der Waals surface area contributed by atoms with Crippen molar-refractivity contribution in [2.24, 2.45) is 5.41 Å². The van der Waals surface area contributed by atoms with Gasteiger partial charge in [-0.1, -0.05) is 37.3 Å². The number of nitrogens with one attached hydrogen (secondary N) is 1. The highest BCUT2D eigenvalue weighted by molar-refractivity contribution is 6.05. The maximum atomic E-state index is 11.6. The van der Waals surface area contributed by atoms with Crippen LogP contribution >= 0.6 is 0 Å². The van der Waals surface area contributed by atoms with Crippen molar-refractivity contribution in [2.75, 3.05) is 0 Å². The molecule has 0 aliphatic carbocycles. The van der Waals surface area contributed by atoms with Crippen molar-refractivity contribution in [2.45, 2.75) is 26.2 Å². The molecule has 1 fully saturated rings. The van der Waals surface area contributed by atoms with Crippen molar-refractivity contribution >= 4 is 11.8 Å². The summed E-state index contributed by atoms with van der Waals surface area (Å²) in [6.45, 7) is 1.86. The van der Waals surface area contributed by atoms with Gasteiger partial charge in [0.25, 0.3) is 0 Å². The van der Waals surface area contributed by atoms with Crippen LogP contribution in [0.3, 0.4) is 0 Å². The van der Waals surface area contributed by atoms with Gasteiger partial charge in [0, 0.05) is 6.42 Å². The lowest BCUT2D eigenvalue weighted by Gasteiger charge is -2.18. The van der Waals surface area contributed by atoms with Gasteiger partial charge < -0.3 is 0 Å². The first kappa shape index (κ1) is 10.9. The van der Waals surface area contributed by atoms with Crippen LogP contribution < -0.4 is 5.32 Å². The zero-order chi connectivity index (χ0) is 11.6.